The summed E-state index contributed by atoms with van der Waals surface area (Å²) in [6, 6.07) is 15.1. The van der Waals surface area contributed by atoms with Crippen LogP contribution in [-0.2, 0) is 0 Å². The molecule has 1 heterocycles. The highest BCUT2D eigenvalue weighted by Gasteiger charge is 2.12. The third-order valence-corrected chi connectivity index (χ3v) is 4.16. The predicted molar refractivity (Wildman–Crippen MR) is 104 cm³/mol. The van der Waals surface area contributed by atoms with Crippen LogP contribution < -0.4 is 5.32 Å². The minimum Gasteiger partial charge on any atom is -0.319 e. The molecule has 25 heavy (non-hydrogen) atoms. The number of rotatable bonds is 4. The summed E-state index contributed by atoms with van der Waals surface area (Å²) < 4.78 is 1.26. The Morgan fingerprint density at radius 3 is 2.60 bits per heavy atom. The Bertz CT molecular complexity index is 989. The zero-order valence-electron chi connectivity index (χ0n) is 13.3. The van der Waals surface area contributed by atoms with Gasteiger partial charge in [-0.15, -0.1) is 0 Å². The number of H-pyrrole nitrogens is 2. The van der Waals surface area contributed by atoms with Gasteiger partial charge in [-0.05, 0) is 55.0 Å². The third kappa shape index (κ3) is 4.52. The largest absolute Gasteiger partial charge is 0.319 e. The highest BCUT2D eigenvalue weighted by Crippen LogP contribution is 2.17. The van der Waals surface area contributed by atoms with Crippen LogP contribution in [0.3, 0.4) is 0 Å². The van der Waals surface area contributed by atoms with Gasteiger partial charge in [0.15, 0.2) is 5.82 Å². The normalized spacial score (nSPS) is 11.4. The van der Waals surface area contributed by atoms with Crippen molar-refractivity contribution in [3.8, 4) is 0 Å². The van der Waals surface area contributed by atoms with Crippen molar-refractivity contribution in [2.45, 2.75) is 6.92 Å². The van der Waals surface area contributed by atoms with E-state index in [0.29, 0.717) is 21.9 Å². The van der Waals surface area contributed by atoms with Gasteiger partial charge in [0.25, 0.3) is 5.91 Å². The van der Waals surface area contributed by atoms with E-state index in [1.54, 1.807) is 12.1 Å². The number of nitrogens with zero attached hydrogens (tertiary/aromatic N) is 1. The first kappa shape index (κ1) is 17.3. The monoisotopic (exact) mass is 414 g/mol. The number of benzene rings is 2. The van der Waals surface area contributed by atoms with Crippen LogP contribution in [0.15, 0.2) is 53.0 Å². The van der Waals surface area contributed by atoms with E-state index in [9.17, 15) is 4.79 Å². The first-order valence-corrected chi connectivity index (χ1v) is 8.72. The lowest BCUT2D eigenvalue weighted by molar-refractivity contribution is 0.0973. The number of aromatic amines is 2. The summed E-state index contributed by atoms with van der Waals surface area (Å²) in [5, 5.41) is 8.51. The molecule has 0 saturated heterocycles. The number of nitrogens with one attached hydrogen (secondary N) is 3. The fourth-order valence-electron chi connectivity index (χ4n) is 2.22. The molecule has 1 aromatic heterocycles. The quantitative estimate of drug-likeness (QED) is 0.551. The van der Waals surface area contributed by atoms with Crippen LogP contribution in [-0.4, -0.2) is 21.1 Å². The van der Waals surface area contributed by atoms with Crippen molar-refractivity contribution in [2.24, 2.45) is 0 Å². The smallest absolute Gasteiger partial charge is 0.255 e. The number of amides is 1. The van der Waals surface area contributed by atoms with Gasteiger partial charge in [0.05, 0.1) is 5.70 Å². The lowest BCUT2D eigenvalue weighted by atomic mass is 10.1. The molecule has 0 unspecified atom stereocenters. The Balaban J connectivity index is 1.95. The fourth-order valence-corrected chi connectivity index (χ4v) is 2.78. The van der Waals surface area contributed by atoms with Crippen molar-refractivity contribution < 1.29 is 4.79 Å². The number of carbonyl (C=O) groups excluding carboxylic acids is 1. The summed E-state index contributed by atoms with van der Waals surface area (Å²) in [5.41, 5.74) is 3.10. The van der Waals surface area contributed by atoms with E-state index in [4.69, 9.17) is 12.2 Å². The second-order valence-electron chi connectivity index (χ2n) is 5.45. The Morgan fingerprint density at radius 2 is 1.96 bits per heavy atom. The van der Waals surface area contributed by atoms with E-state index in [0.717, 1.165) is 15.6 Å². The average Bonchev–Trinajstić information content (AvgIpc) is 3.01. The van der Waals surface area contributed by atoms with Crippen molar-refractivity contribution in [1.82, 2.24) is 20.5 Å². The van der Waals surface area contributed by atoms with Gasteiger partial charge in [0.1, 0.15) is 0 Å². The molecule has 0 atom stereocenters. The fraction of sp³-hybridized carbons (Fsp3) is 0.0556. The second-order valence-corrected chi connectivity index (χ2v) is 6.75. The van der Waals surface area contributed by atoms with Crippen molar-refractivity contribution in [2.75, 3.05) is 0 Å². The molecule has 7 heteroatoms. The molecule has 3 N–H and O–H groups in total. The summed E-state index contributed by atoms with van der Waals surface area (Å²) >= 11 is 8.46. The summed E-state index contributed by atoms with van der Waals surface area (Å²) in [7, 11) is 0. The van der Waals surface area contributed by atoms with Gasteiger partial charge in [-0.1, -0.05) is 45.8 Å². The first-order valence-electron chi connectivity index (χ1n) is 7.51. The molecule has 0 aliphatic heterocycles. The molecule has 2 aromatic carbocycles. The molecule has 0 aliphatic rings. The summed E-state index contributed by atoms with van der Waals surface area (Å²) in [6.07, 6.45) is 1.83. The Kier molecular flexibility index (Phi) is 5.25. The van der Waals surface area contributed by atoms with Gasteiger partial charge in [0.2, 0.25) is 4.77 Å². The van der Waals surface area contributed by atoms with E-state index >= 15 is 0 Å². The number of hydrogen-bond donors (Lipinski definition) is 3. The van der Waals surface area contributed by atoms with Crippen LogP contribution >= 0.6 is 28.1 Å². The highest BCUT2D eigenvalue weighted by molar-refractivity contribution is 9.10. The number of halogens is 1. The molecule has 0 aliphatic carbocycles. The highest BCUT2D eigenvalue weighted by atomic mass is 79.9. The average molecular weight is 415 g/mol. The SMILES string of the molecule is Cc1ccc(C(=O)N/C(=C\c2cccc(Br)c2)c2nc(=S)[nH][nH]2)cc1. The number of carbonyl (C=O) groups is 1. The molecule has 3 rings (SSSR count). The lowest BCUT2D eigenvalue weighted by Gasteiger charge is -2.08. The van der Waals surface area contributed by atoms with Gasteiger partial charge < -0.3 is 5.32 Å². The minimum atomic E-state index is -0.219. The van der Waals surface area contributed by atoms with E-state index < -0.39 is 0 Å². The third-order valence-electron chi connectivity index (χ3n) is 3.48. The maximum absolute atomic E-state index is 12.6. The molecular weight excluding hydrogens is 400 g/mol. The van der Waals surface area contributed by atoms with Gasteiger partial charge in [-0.2, -0.15) is 4.98 Å². The molecule has 0 saturated carbocycles. The topological polar surface area (TPSA) is 73.6 Å². The van der Waals surface area contributed by atoms with E-state index in [1.165, 1.54) is 0 Å². The Morgan fingerprint density at radius 1 is 1.20 bits per heavy atom. The van der Waals surface area contributed by atoms with Gasteiger partial charge in [-0.25, -0.2) is 0 Å². The van der Waals surface area contributed by atoms with Crippen LogP contribution in [0.4, 0.5) is 0 Å². The Hall–Kier alpha value is -2.51. The van der Waals surface area contributed by atoms with Crippen LogP contribution in [0, 0.1) is 11.7 Å². The molecule has 0 bridgehead atoms. The van der Waals surface area contributed by atoms with Crippen LogP contribution in [0.5, 0.6) is 0 Å². The summed E-state index contributed by atoms with van der Waals surface area (Å²) in [5.74, 6) is 0.244. The maximum atomic E-state index is 12.6. The molecular formula is C18H15BrN4OS. The zero-order valence-corrected chi connectivity index (χ0v) is 15.7. The maximum Gasteiger partial charge on any atom is 0.255 e. The Labute approximate surface area is 158 Å². The van der Waals surface area contributed by atoms with E-state index in [1.807, 2.05) is 49.4 Å². The number of hydrogen-bond acceptors (Lipinski definition) is 3. The second kappa shape index (κ2) is 7.58. The molecule has 3 aromatic rings. The molecule has 0 radical (unpaired) electrons. The standard InChI is InChI=1S/C18H15BrN4OS/c1-11-5-7-13(8-6-11)17(24)20-15(16-21-18(25)23-22-16)10-12-3-2-4-14(19)9-12/h2-10H,1H3,(H,20,24)(H2,21,22,23,25)/b15-10-. The van der Waals surface area contributed by atoms with Crippen molar-refractivity contribution in [1.29, 1.82) is 0 Å². The van der Waals surface area contributed by atoms with E-state index in [-0.39, 0.29) is 5.91 Å². The van der Waals surface area contributed by atoms with E-state index in [2.05, 4.69) is 36.4 Å². The van der Waals surface area contributed by atoms with Gasteiger partial charge >= 0.3 is 0 Å². The molecule has 0 spiro atoms. The van der Waals surface area contributed by atoms with Crippen molar-refractivity contribution in [3.05, 3.63) is 80.3 Å². The summed E-state index contributed by atoms with van der Waals surface area (Å²) in [4.78, 5) is 16.8. The summed E-state index contributed by atoms with van der Waals surface area (Å²) in [6.45, 7) is 1.98. The van der Waals surface area contributed by atoms with Gasteiger partial charge in [0, 0.05) is 10.0 Å². The zero-order chi connectivity index (χ0) is 17.8. The lowest BCUT2D eigenvalue weighted by Crippen LogP contribution is -2.22. The van der Waals surface area contributed by atoms with Crippen molar-refractivity contribution >= 4 is 45.8 Å². The molecule has 0 fully saturated rings. The number of aryl methyl sites for hydroxylation is 1. The van der Waals surface area contributed by atoms with Crippen LogP contribution in [0.25, 0.3) is 11.8 Å². The van der Waals surface area contributed by atoms with Crippen molar-refractivity contribution in [3.63, 3.8) is 0 Å². The van der Waals surface area contributed by atoms with Crippen LogP contribution in [0.2, 0.25) is 0 Å². The predicted octanol–water partition coefficient (Wildman–Crippen LogP) is 4.47. The molecule has 126 valence electrons. The first-order chi connectivity index (χ1) is 12.0. The van der Waals surface area contributed by atoms with Gasteiger partial charge in [-0.3, -0.25) is 15.0 Å². The minimum absolute atomic E-state index is 0.219. The molecule has 5 nitrogen and oxygen atoms in total. The molecule has 1 amide bonds. The van der Waals surface area contributed by atoms with Crippen LogP contribution in [0.1, 0.15) is 27.3 Å². The number of aromatic nitrogens is 3.